The highest BCUT2D eigenvalue weighted by Gasteiger charge is 2.03. The first-order valence-electron chi connectivity index (χ1n) is 5.78. The van der Waals surface area contributed by atoms with Crippen LogP contribution in [0.4, 0.5) is 0 Å². The Morgan fingerprint density at radius 2 is 1.89 bits per heavy atom. The molecule has 0 unspecified atom stereocenters. The fraction of sp³-hybridized carbons (Fsp3) is 0.308. The van der Waals surface area contributed by atoms with Gasteiger partial charge >= 0.3 is 5.97 Å². The highest BCUT2D eigenvalue weighted by molar-refractivity contribution is 5.77. The second-order valence-corrected chi connectivity index (χ2v) is 3.78. The molecule has 0 heterocycles. The highest BCUT2D eigenvalue weighted by atomic mass is 16.5. The van der Waals surface area contributed by atoms with Crippen LogP contribution in [0.3, 0.4) is 0 Å². The Bertz CT molecular complexity index is 441. The lowest BCUT2D eigenvalue weighted by molar-refractivity contribution is -0.136. The van der Waals surface area contributed by atoms with Crippen molar-refractivity contribution in [3.8, 4) is 5.75 Å². The van der Waals surface area contributed by atoms with Crippen LogP contribution in [0.25, 0.3) is 0 Å². The third kappa shape index (κ3) is 6.21. The number of benzene rings is 1. The predicted molar refractivity (Wildman–Crippen MR) is 67.2 cm³/mol. The molecule has 19 heavy (non-hydrogen) atoms. The summed E-state index contributed by atoms with van der Waals surface area (Å²) in [6.07, 6.45) is 0.786. The molecule has 1 aromatic rings. The van der Waals surface area contributed by atoms with Gasteiger partial charge in [-0.3, -0.25) is 14.4 Å². The lowest BCUT2D eigenvalue weighted by atomic mass is 10.2. The monoisotopic (exact) mass is 265 g/mol. The Morgan fingerprint density at radius 1 is 1.21 bits per heavy atom. The molecule has 0 saturated carbocycles. The summed E-state index contributed by atoms with van der Waals surface area (Å²) in [6, 6.07) is 6.53. The molecular formula is C13H15NO5. The molecule has 6 heteroatoms. The van der Waals surface area contributed by atoms with Crippen LogP contribution in [0.15, 0.2) is 24.3 Å². The van der Waals surface area contributed by atoms with Crippen LogP contribution in [-0.4, -0.2) is 36.4 Å². The van der Waals surface area contributed by atoms with Crippen molar-refractivity contribution < 1.29 is 24.2 Å². The number of aldehydes is 1. The zero-order chi connectivity index (χ0) is 14.1. The van der Waals surface area contributed by atoms with E-state index in [1.165, 1.54) is 0 Å². The maximum Gasteiger partial charge on any atom is 0.305 e. The minimum Gasteiger partial charge on any atom is -0.493 e. The second-order valence-electron chi connectivity index (χ2n) is 3.78. The molecule has 0 aromatic heterocycles. The molecule has 0 spiro atoms. The summed E-state index contributed by atoms with van der Waals surface area (Å²) in [5.41, 5.74) is 0.554. The number of carbonyl (C=O) groups excluding carboxylic acids is 2. The SMILES string of the molecule is O=Cc1ccc(OCCC(=O)NCCC(=O)O)cc1. The van der Waals surface area contributed by atoms with Crippen molar-refractivity contribution in [2.24, 2.45) is 0 Å². The van der Waals surface area contributed by atoms with Gasteiger partial charge in [0.15, 0.2) is 0 Å². The molecule has 0 bridgehead atoms. The van der Waals surface area contributed by atoms with Gasteiger partial charge in [-0.1, -0.05) is 0 Å². The molecule has 0 aliphatic carbocycles. The molecule has 1 aromatic carbocycles. The van der Waals surface area contributed by atoms with Gasteiger partial charge in [0, 0.05) is 12.1 Å². The molecule has 0 fully saturated rings. The number of carboxylic acid groups (broad SMARTS) is 1. The van der Waals surface area contributed by atoms with Gasteiger partial charge in [-0.15, -0.1) is 0 Å². The van der Waals surface area contributed by atoms with Gasteiger partial charge in [0.25, 0.3) is 0 Å². The van der Waals surface area contributed by atoms with Crippen LogP contribution in [-0.2, 0) is 9.59 Å². The summed E-state index contributed by atoms with van der Waals surface area (Å²) < 4.78 is 5.31. The van der Waals surface area contributed by atoms with Crippen LogP contribution in [0.2, 0.25) is 0 Å². The summed E-state index contributed by atoms with van der Waals surface area (Å²) in [5, 5.41) is 10.9. The number of carbonyl (C=O) groups is 3. The first kappa shape index (κ1) is 14.7. The third-order valence-electron chi connectivity index (χ3n) is 2.28. The van der Waals surface area contributed by atoms with E-state index in [0.29, 0.717) is 11.3 Å². The molecule has 0 aliphatic heterocycles. The molecule has 0 saturated heterocycles. The molecule has 1 amide bonds. The largest absolute Gasteiger partial charge is 0.493 e. The van der Waals surface area contributed by atoms with Crippen molar-refractivity contribution in [2.45, 2.75) is 12.8 Å². The number of hydrogen-bond donors (Lipinski definition) is 2. The van der Waals surface area contributed by atoms with Crippen molar-refractivity contribution in [1.82, 2.24) is 5.32 Å². The van der Waals surface area contributed by atoms with E-state index in [0.717, 1.165) is 6.29 Å². The summed E-state index contributed by atoms with van der Waals surface area (Å²) in [5.74, 6) is -0.637. The number of aliphatic carboxylic acids is 1. The van der Waals surface area contributed by atoms with E-state index in [1.54, 1.807) is 24.3 Å². The number of rotatable bonds is 8. The topological polar surface area (TPSA) is 92.7 Å². The zero-order valence-electron chi connectivity index (χ0n) is 10.3. The van der Waals surface area contributed by atoms with Crippen LogP contribution < -0.4 is 10.1 Å². The van der Waals surface area contributed by atoms with Crippen molar-refractivity contribution in [3.05, 3.63) is 29.8 Å². The predicted octanol–water partition coefficient (Wildman–Crippen LogP) is 0.859. The maximum atomic E-state index is 11.3. The Labute approximate surface area is 110 Å². The normalized spacial score (nSPS) is 9.68. The Morgan fingerprint density at radius 3 is 2.47 bits per heavy atom. The first-order valence-corrected chi connectivity index (χ1v) is 5.78. The van der Waals surface area contributed by atoms with Crippen molar-refractivity contribution in [2.75, 3.05) is 13.2 Å². The van der Waals surface area contributed by atoms with Crippen LogP contribution in [0.5, 0.6) is 5.75 Å². The fourth-order valence-electron chi connectivity index (χ4n) is 1.30. The molecular weight excluding hydrogens is 250 g/mol. The first-order chi connectivity index (χ1) is 9.11. The summed E-state index contributed by atoms with van der Waals surface area (Å²) in [7, 11) is 0. The number of nitrogens with one attached hydrogen (secondary N) is 1. The minimum atomic E-state index is -0.952. The third-order valence-corrected chi connectivity index (χ3v) is 2.28. The van der Waals surface area contributed by atoms with Crippen LogP contribution in [0.1, 0.15) is 23.2 Å². The maximum absolute atomic E-state index is 11.3. The average molecular weight is 265 g/mol. The number of carboxylic acids is 1. The fourth-order valence-corrected chi connectivity index (χ4v) is 1.30. The standard InChI is InChI=1S/C13H15NO5/c15-9-10-1-3-11(4-2-10)19-8-6-12(16)14-7-5-13(17)18/h1-4,9H,5-8H2,(H,14,16)(H,17,18). The van der Waals surface area contributed by atoms with Gasteiger partial charge in [0.05, 0.1) is 19.4 Å². The zero-order valence-corrected chi connectivity index (χ0v) is 10.3. The van der Waals surface area contributed by atoms with E-state index in [9.17, 15) is 14.4 Å². The van der Waals surface area contributed by atoms with E-state index in [-0.39, 0.29) is 31.9 Å². The summed E-state index contributed by atoms with van der Waals surface area (Å²) >= 11 is 0. The quantitative estimate of drug-likeness (QED) is 0.680. The average Bonchev–Trinajstić information content (AvgIpc) is 2.39. The molecule has 0 atom stereocenters. The Hall–Kier alpha value is -2.37. The summed E-state index contributed by atoms with van der Waals surface area (Å²) in [6.45, 7) is 0.307. The summed E-state index contributed by atoms with van der Waals surface area (Å²) in [4.78, 5) is 32.0. The van der Waals surface area contributed by atoms with Gasteiger partial charge in [0.2, 0.25) is 5.91 Å². The molecule has 0 radical (unpaired) electrons. The molecule has 102 valence electrons. The highest BCUT2D eigenvalue weighted by Crippen LogP contribution is 2.11. The number of hydrogen-bond acceptors (Lipinski definition) is 4. The number of amides is 1. The Balaban J connectivity index is 2.20. The smallest absolute Gasteiger partial charge is 0.305 e. The molecule has 1 rings (SSSR count). The van der Waals surface area contributed by atoms with Gasteiger partial charge < -0.3 is 15.2 Å². The van der Waals surface area contributed by atoms with Crippen LogP contribution in [0, 0.1) is 0 Å². The van der Waals surface area contributed by atoms with Crippen molar-refractivity contribution >= 4 is 18.2 Å². The minimum absolute atomic E-state index is 0.0975. The van der Waals surface area contributed by atoms with Gasteiger partial charge in [-0.05, 0) is 24.3 Å². The molecule has 2 N–H and O–H groups in total. The second kappa shape index (κ2) is 7.86. The molecule has 6 nitrogen and oxygen atoms in total. The van der Waals surface area contributed by atoms with E-state index < -0.39 is 5.97 Å². The van der Waals surface area contributed by atoms with E-state index in [1.807, 2.05) is 0 Å². The lowest BCUT2D eigenvalue weighted by Gasteiger charge is -2.06. The van der Waals surface area contributed by atoms with E-state index >= 15 is 0 Å². The van der Waals surface area contributed by atoms with E-state index in [4.69, 9.17) is 9.84 Å². The van der Waals surface area contributed by atoms with Crippen molar-refractivity contribution in [3.63, 3.8) is 0 Å². The van der Waals surface area contributed by atoms with Crippen molar-refractivity contribution in [1.29, 1.82) is 0 Å². The van der Waals surface area contributed by atoms with Gasteiger partial charge in [-0.2, -0.15) is 0 Å². The lowest BCUT2D eigenvalue weighted by Crippen LogP contribution is -2.27. The molecule has 0 aliphatic rings. The van der Waals surface area contributed by atoms with Gasteiger partial charge in [0.1, 0.15) is 12.0 Å². The van der Waals surface area contributed by atoms with Crippen LogP contribution >= 0.6 is 0 Å². The van der Waals surface area contributed by atoms with Gasteiger partial charge in [-0.25, -0.2) is 0 Å². The number of ether oxygens (including phenoxy) is 1. The van der Waals surface area contributed by atoms with E-state index in [2.05, 4.69) is 5.32 Å². The Kier molecular flexibility index (Phi) is 6.08.